The van der Waals surface area contributed by atoms with Crippen LogP contribution in [0, 0.1) is 5.82 Å². The van der Waals surface area contributed by atoms with Crippen LogP contribution < -0.4 is 0 Å². The van der Waals surface area contributed by atoms with Gasteiger partial charge in [-0.3, -0.25) is 0 Å². The minimum Gasteiger partial charge on any atom is -0.320 e. The predicted octanol–water partition coefficient (Wildman–Crippen LogP) is 6.05. The van der Waals surface area contributed by atoms with Crippen LogP contribution in [0.5, 0.6) is 0 Å². The van der Waals surface area contributed by atoms with Crippen LogP contribution in [0.25, 0.3) is 23.2 Å². The van der Waals surface area contributed by atoms with E-state index in [4.69, 9.17) is 16.6 Å². The van der Waals surface area contributed by atoms with Crippen LogP contribution in [0.4, 0.5) is 4.39 Å². The summed E-state index contributed by atoms with van der Waals surface area (Å²) in [6.45, 7) is 0.320. The monoisotopic (exact) mass is 362 g/mol. The van der Waals surface area contributed by atoms with Crippen molar-refractivity contribution < 1.29 is 4.39 Å². The van der Waals surface area contributed by atoms with Crippen molar-refractivity contribution in [2.75, 3.05) is 0 Å². The lowest BCUT2D eigenvalue weighted by Crippen LogP contribution is -2.05. The molecule has 128 valence electrons. The van der Waals surface area contributed by atoms with E-state index in [-0.39, 0.29) is 5.82 Å². The second-order valence-electron chi connectivity index (χ2n) is 5.99. The topological polar surface area (TPSA) is 17.8 Å². The fraction of sp³-hybridized carbons (Fsp3) is 0.0455. The van der Waals surface area contributed by atoms with Crippen molar-refractivity contribution in [3.8, 4) is 0 Å². The molecule has 4 heteroatoms. The molecule has 0 bridgehead atoms. The average Bonchev–Trinajstić information content (AvgIpc) is 3.01. The molecule has 0 spiro atoms. The van der Waals surface area contributed by atoms with Gasteiger partial charge in [-0.15, -0.1) is 0 Å². The summed E-state index contributed by atoms with van der Waals surface area (Å²) in [5, 5.41) is 0.417. The summed E-state index contributed by atoms with van der Waals surface area (Å²) in [5.74, 6) is 0.447. The molecular formula is C22H16ClFN2. The molecule has 26 heavy (non-hydrogen) atoms. The highest BCUT2D eigenvalue weighted by Crippen LogP contribution is 2.24. The first-order valence-corrected chi connectivity index (χ1v) is 8.71. The maximum Gasteiger partial charge on any atom is 0.134 e. The summed E-state index contributed by atoms with van der Waals surface area (Å²) in [6.07, 6.45) is 3.95. The number of halogens is 2. The zero-order valence-electron chi connectivity index (χ0n) is 13.9. The normalized spacial score (nSPS) is 11.5. The molecule has 0 aliphatic rings. The number of imidazole rings is 1. The molecule has 0 unspecified atom stereocenters. The van der Waals surface area contributed by atoms with Crippen LogP contribution in [0.3, 0.4) is 0 Å². The van der Waals surface area contributed by atoms with Crippen LogP contribution >= 0.6 is 11.6 Å². The van der Waals surface area contributed by atoms with Gasteiger partial charge in [0.15, 0.2) is 0 Å². The Morgan fingerprint density at radius 1 is 0.885 bits per heavy atom. The fourth-order valence-electron chi connectivity index (χ4n) is 2.96. The maximum absolute atomic E-state index is 14.3. The number of para-hydroxylation sites is 2. The number of hydrogen-bond acceptors (Lipinski definition) is 1. The molecule has 4 rings (SSSR count). The lowest BCUT2D eigenvalue weighted by atomic mass is 10.2. The Balaban J connectivity index is 1.81. The van der Waals surface area contributed by atoms with Gasteiger partial charge in [0.25, 0.3) is 0 Å². The molecule has 1 aromatic heterocycles. The highest BCUT2D eigenvalue weighted by atomic mass is 35.5. The van der Waals surface area contributed by atoms with Gasteiger partial charge in [-0.2, -0.15) is 0 Å². The molecule has 0 saturated heterocycles. The van der Waals surface area contributed by atoms with Gasteiger partial charge in [-0.1, -0.05) is 66.2 Å². The quantitative estimate of drug-likeness (QED) is 0.432. The number of hydrogen-bond donors (Lipinski definition) is 0. The van der Waals surface area contributed by atoms with E-state index in [1.54, 1.807) is 12.1 Å². The molecule has 0 aliphatic heterocycles. The smallest absolute Gasteiger partial charge is 0.134 e. The Morgan fingerprint density at radius 3 is 2.46 bits per heavy atom. The molecular weight excluding hydrogens is 347 g/mol. The molecule has 0 fully saturated rings. The van der Waals surface area contributed by atoms with Gasteiger partial charge in [0, 0.05) is 10.6 Å². The molecule has 0 atom stereocenters. The fourth-order valence-corrected chi connectivity index (χ4v) is 3.19. The van der Waals surface area contributed by atoms with Crippen molar-refractivity contribution in [3.63, 3.8) is 0 Å². The van der Waals surface area contributed by atoms with Crippen LogP contribution in [0.1, 0.15) is 17.0 Å². The van der Waals surface area contributed by atoms with Gasteiger partial charge in [0.05, 0.1) is 17.6 Å². The summed E-state index contributed by atoms with van der Waals surface area (Å²) in [5.41, 5.74) is 3.36. The van der Waals surface area contributed by atoms with Crippen molar-refractivity contribution in [1.29, 1.82) is 0 Å². The summed E-state index contributed by atoms with van der Waals surface area (Å²) in [7, 11) is 0. The van der Waals surface area contributed by atoms with Gasteiger partial charge in [0.2, 0.25) is 0 Å². The summed E-state index contributed by atoms with van der Waals surface area (Å²) >= 11 is 6.23. The maximum atomic E-state index is 14.3. The lowest BCUT2D eigenvalue weighted by Gasteiger charge is -2.10. The molecule has 0 aliphatic carbocycles. The standard InChI is InChI=1S/C22H16ClFN2/c23-18-9-6-10-19(24)17(18)15-26-21-12-5-4-11-20(21)25-22(26)14-13-16-7-2-1-3-8-16/h1-14H,15H2. The number of nitrogens with zero attached hydrogens (tertiary/aromatic N) is 2. The first kappa shape index (κ1) is 16.6. The third-order valence-electron chi connectivity index (χ3n) is 4.29. The van der Waals surface area contributed by atoms with Crippen molar-refractivity contribution in [2.45, 2.75) is 6.54 Å². The molecule has 0 amide bonds. The van der Waals surface area contributed by atoms with E-state index in [2.05, 4.69) is 0 Å². The Hall–Kier alpha value is -2.91. The second kappa shape index (κ2) is 7.14. The van der Waals surface area contributed by atoms with E-state index in [0.717, 1.165) is 22.4 Å². The van der Waals surface area contributed by atoms with Crippen LogP contribution in [0.15, 0.2) is 72.8 Å². The molecule has 3 aromatic carbocycles. The molecule has 1 heterocycles. The number of benzene rings is 3. The SMILES string of the molecule is Fc1cccc(Cl)c1Cn1c(C=Cc2ccccc2)nc2ccccc21. The summed E-state index contributed by atoms with van der Waals surface area (Å²) in [6, 6.07) is 22.6. The van der Waals surface area contributed by atoms with E-state index in [1.807, 2.05) is 71.3 Å². The molecule has 4 aromatic rings. The van der Waals surface area contributed by atoms with Crippen molar-refractivity contribution in [1.82, 2.24) is 9.55 Å². The van der Waals surface area contributed by atoms with Crippen LogP contribution in [0.2, 0.25) is 5.02 Å². The average molecular weight is 363 g/mol. The largest absolute Gasteiger partial charge is 0.320 e. The molecule has 0 saturated carbocycles. The summed E-state index contributed by atoms with van der Waals surface area (Å²) < 4.78 is 16.3. The second-order valence-corrected chi connectivity index (χ2v) is 6.40. The first-order chi connectivity index (χ1) is 12.7. The predicted molar refractivity (Wildman–Crippen MR) is 106 cm³/mol. The molecule has 0 N–H and O–H groups in total. The van der Waals surface area contributed by atoms with Gasteiger partial charge >= 0.3 is 0 Å². The number of fused-ring (bicyclic) bond motifs is 1. The van der Waals surface area contributed by atoms with Gasteiger partial charge in [-0.05, 0) is 35.9 Å². The minimum absolute atomic E-state index is 0.312. The Morgan fingerprint density at radius 2 is 1.65 bits per heavy atom. The molecule has 0 radical (unpaired) electrons. The Labute approximate surface area is 156 Å². The lowest BCUT2D eigenvalue weighted by molar-refractivity contribution is 0.601. The first-order valence-electron chi connectivity index (χ1n) is 8.33. The van der Waals surface area contributed by atoms with E-state index in [9.17, 15) is 4.39 Å². The highest BCUT2D eigenvalue weighted by Gasteiger charge is 2.13. The van der Waals surface area contributed by atoms with Crippen LogP contribution in [-0.4, -0.2) is 9.55 Å². The van der Waals surface area contributed by atoms with E-state index in [0.29, 0.717) is 17.1 Å². The van der Waals surface area contributed by atoms with Gasteiger partial charge in [0.1, 0.15) is 11.6 Å². The van der Waals surface area contributed by atoms with E-state index < -0.39 is 0 Å². The Kier molecular flexibility index (Phi) is 4.55. The van der Waals surface area contributed by atoms with E-state index in [1.165, 1.54) is 6.07 Å². The van der Waals surface area contributed by atoms with E-state index >= 15 is 0 Å². The third-order valence-corrected chi connectivity index (χ3v) is 4.64. The third kappa shape index (κ3) is 3.26. The minimum atomic E-state index is -0.312. The van der Waals surface area contributed by atoms with Crippen molar-refractivity contribution in [2.24, 2.45) is 0 Å². The van der Waals surface area contributed by atoms with Crippen molar-refractivity contribution >= 4 is 34.8 Å². The zero-order valence-corrected chi connectivity index (χ0v) is 14.7. The Bertz CT molecular complexity index is 1060. The van der Waals surface area contributed by atoms with Gasteiger partial charge < -0.3 is 4.57 Å². The van der Waals surface area contributed by atoms with Crippen LogP contribution in [-0.2, 0) is 6.54 Å². The number of aromatic nitrogens is 2. The number of rotatable bonds is 4. The van der Waals surface area contributed by atoms with Crippen molar-refractivity contribution in [3.05, 3.63) is 101 Å². The highest BCUT2D eigenvalue weighted by molar-refractivity contribution is 6.31. The molecule has 2 nitrogen and oxygen atoms in total. The zero-order chi connectivity index (χ0) is 17.9. The summed E-state index contributed by atoms with van der Waals surface area (Å²) in [4.78, 5) is 4.69. The van der Waals surface area contributed by atoms with Gasteiger partial charge in [-0.25, -0.2) is 9.37 Å².